The first-order chi connectivity index (χ1) is 69.5. The molecule has 0 saturated carbocycles. The van der Waals surface area contributed by atoms with Gasteiger partial charge in [-0.2, -0.15) is 0 Å². The van der Waals surface area contributed by atoms with E-state index in [4.69, 9.17) is 0 Å². The number of fused-ring (bicyclic) bond motifs is 21. The molecule has 0 aromatic heterocycles. The zero-order chi connectivity index (χ0) is 99.8. The molecule has 0 N–H and O–H groups in total. The van der Waals surface area contributed by atoms with Crippen molar-refractivity contribution in [2.45, 2.75) is 356 Å². The summed E-state index contributed by atoms with van der Waals surface area (Å²) in [5.74, 6) is 2.47. The summed E-state index contributed by atoms with van der Waals surface area (Å²) < 4.78 is 0. The number of rotatable bonds is 37. The molecule has 0 heteroatoms. The monoisotopic (exact) mass is 1880 g/mol. The quantitative estimate of drug-likeness (QED) is 0.0364. The first kappa shape index (κ1) is 99.4. The Kier molecular flexibility index (Phi) is 27.9. The van der Waals surface area contributed by atoms with Crippen molar-refractivity contribution in [3.8, 4) is 134 Å². The third-order valence-corrected chi connectivity index (χ3v) is 37.7. The summed E-state index contributed by atoms with van der Waals surface area (Å²) in [5.41, 5.74) is 58.4. The second kappa shape index (κ2) is 40.1. The van der Waals surface area contributed by atoms with Crippen LogP contribution in [0.1, 0.15) is 393 Å². The fraction of sp³-hybridized carbons (Fsp3) is 0.413. The Morgan fingerprint density at radius 2 is 0.294 bits per heavy atom. The summed E-state index contributed by atoms with van der Waals surface area (Å²) in [6.07, 6.45) is 32.9. The SMILES string of the molecule is CCCC1(CCC)c2ccccc2-c2ccc(-c3ccc4c(c3)C(CCC)(CCC)c3cc(-c5ccc6c(c5)C(CC(C)CC)(CC(C)CC)c5cc(-c7ccc8c(c7)C(CCC)(CCC)c7cc(C)ccc7-8)ccc5-6)ccc3-4)cc21.CCCC1(CCC)c2ccccc2-c2ccc(-c3ccc4c(c3)C(CCC)(CCC)c3cc(-c5ccc6c(c5)C(CC(C)CC)(CC(C)CC)c5cc(C)ccc5-6)ccc3-4)cc21. The van der Waals surface area contributed by atoms with E-state index in [9.17, 15) is 0 Å². The molecule has 0 amide bonds. The summed E-state index contributed by atoms with van der Waals surface area (Å²) in [5, 5.41) is 0. The van der Waals surface area contributed by atoms with Gasteiger partial charge >= 0.3 is 0 Å². The molecule has 0 spiro atoms. The molecule has 736 valence electrons. The highest BCUT2D eigenvalue weighted by Crippen LogP contribution is 2.66. The summed E-state index contributed by atoms with van der Waals surface area (Å²) in [6.45, 7) is 48.0. The van der Waals surface area contributed by atoms with Gasteiger partial charge in [0.2, 0.25) is 0 Å². The second-order valence-electron chi connectivity index (χ2n) is 46.7. The van der Waals surface area contributed by atoms with Gasteiger partial charge in [-0.15, -0.1) is 0 Å². The van der Waals surface area contributed by atoms with E-state index in [1.165, 1.54) is 266 Å². The average Bonchev–Trinajstić information content (AvgIpc) is 1.55. The standard InChI is InChI=1S/C81H92.C62H72/c1-12-38-78(39-13-2)70-23-21-20-22-62(70)64-32-25-56(45-72(64)78)57-27-34-66-67-35-28-59(48-75(67)80(42-16-5,43-17-6)74(66)47-57)61-30-37-69-68-36-29-60(49-76(68)81(77(69)50-61,51-53(9)18-7)52-54(10)19-8)58-26-33-65-63-31-24-55(11)44-71(63)79(40-14-3,41-15-4)73(65)46-58;1-10-30-60(31-11-2)54-19-17-16-18-48(54)50-26-21-44(35-56(50)60)45-22-27-51-52-28-23-46(37-58(52)61(32-12-3,33-13-4)57(51)36-45)47-24-29-53-49-25-20-43(9)34-55(49)62(59(53)38-47,39-41(7)14-5)40-42(8)15-6/h20-37,44-50,53-54H,12-19,38-43,51-52H2,1-11H3;16-29,34-38,41-42H,10-15,30-33,39-40H2,1-9H3. The van der Waals surface area contributed by atoms with E-state index >= 15 is 0 Å². The normalized spacial score (nSPS) is 17.8. The number of benzene rings is 14. The van der Waals surface area contributed by atoms with Gasteiger partial charge in [-0.3, -0.25) is 0 Å². The molecule has 7 aliphatic rings. The molecule has 0 bridgehead atoms. The fourth-order valence-corrected chi connectivity index (χ4v) is 31.0. The Labute approximate surface area is 863 Å². The minimum atomic E-state index is -0.0924. The summed E-state index contributed by atoms with van der Waals surface area (Å²) in [4.78, 5) is 0. The third-order valence-electron chi connectivity index (χ3n) is 37.7. The van der Waals surface area contributed by atoms with Gasteiger partial charge in [-0.1, -0.05) is 432 Å². The van der Waals surface area contributed by atoms with E-state index in [0.29, 0.717) is 23.7 Å². The lowest BCUT2D eigenvalue weighted by molar-refractivity contribution is 0.308. The first-order valence-electron chi connectivity index (χ1n) is 57.4. The minimum absolute atomic E-state index is 0.0112. The minimum Gasteiger partial charge on any atom is -0.0653 e. The number of hydrogen-bond acceptors (Lipinski definition) is 0. The lowest BCUT2D eigenvalue weighted by atomic mass is 9.66. The molecular weight excluding hydrogens is 1720 g/mol. The van der Waals surface area contributed by atoms with Crippen molar-refractivity contribution in [3.63, 3.8) is 0 Å². The smallest absolute Gasteiger partial charge is 0.0220 e. The molecule has 14 aromatic rings. The van der Waals surface area contributed by atoms with Crippen LogP contribution in [0.2, 0.25) is 0 Å². The number of hydrogen-bond donors (Lipinski definition) is 0. The maximum Gasteiger partial charge on any atom is 0.0220 e. The maximum absolute atomic E-state index is 2.69. The Hall–Kier alpha value is -10.9. The van der Waals surface area contributed by atoms with Gasteiger partial charge in [0.1, 0.15) is 0 Å². The first-order valence-corrected chi connectivity index (χ1v) is 57.4. The highest BCUT2D eigenvalue weighted by atomic mass is 14.6. The fourth-order valence-electron chi connectivity index (χ4n) is 31.0. The molecule has 21 rings (SSSR count). The molecular formula is C143H164. The van der Waals surface area contributed by atoms with Gasteiger partial charge in [0.15, 0.2) is 0 Å². The highest BCUT2D eigenvalue weighted by Gasteiger charge is 2.52. The van der Waals surface area contributed by atoms with Crippen LogP contribution in [0.3, 0.4) is 0 Å². The molecule has 143 heavy (non-hydrogen) atoms. The van der Waals surface area contributed by atoms with Gasteiger partial charge < -0.3 is 0 Å². The van der Waals surface area contributed by atoms with Gasteiger partial charge in [0.05, 0.1) is 0 Å². The molecule has 0 fully saturated rings. The largest absolute Gasteiger partial charge is 0.0653 e. The molecule has 7 aliphatic carbocycles. The topological polar surface area (TPSA) is 0 Å². The van der Waals surface area contributed by atoms with Crippen molar-refractivity contribution >= 4 is 0 Å². The Morgan fingerprint density at radius 1 is 0.154 bits per heavy atom. The predicted octanol–water partition coefficient (Wildman–Crippen LogP) is 41.9. The average molecular weight is 1880 g/mol. The van der Waals surface area contributed by atoms with Crippen LogP contribution in [0.4, 0.5) is 0 Å². The zero-order valence-electron chi connectivity index (χ0n) is 91.0. The van der Waals surface area contributed by atoms with Crippen LogP contribution in [0.5, 0.6) is 0 Å². The van der Waals surface area contributed by atoms with E-state index < -0.39 is 0 Å². The van der Waals surface area contributed by atoms with Crippen LogP contribution in [-0.2, 0) is 37.9 Å². The van der Waals surface area contributed by atoms with E-state index in [1.807, 2.05) is 0 Å². The van der Waals surface area contributed by atoms with Crippen LogP contribution >= 0.6 is 0 Å². The molecule has 0 radical (unpaired) electrons. The van der Waals surface area contributed by atoms with E-state index in [-0.39, 0.29) is 37.9 Å². The van der Waals surface area contributed by atoms with Crippen molar-refractivity contribution in [3.05, 3.63) is 356 Å². The Balaban J connectivity index is 0.000000181. The van der Waals surface area contributed by atoms with Gasteiger partial charge in [0, 0.05) is 37.9 Å². The highest BCUT2D eigenvalue weighted by molar-refractivity contribution is 5.95. The van der Waals surface area contributed by atoms with Gasteiger partial charge in [0.25, 0.3) is 0 Å². The Morgan fingerprint density at radius 3 is 0.469 bits per heavy atom. The van der Waals surface area contributed by atoms with Crippen molar-refractivity contribution in [2.24, 2.45) is 23.7 Å². The molecule has 4 unspecified atom stereocenters. The Bertz CT molecular complexity index is 7060. The van der Waals surface area contributed by atoms with E-state index in [0.717, 1.165) is 64.2 Å². The lowest BCUT2D eigenvalue weighted by Crippen LogP contribution is -2.30. The van der Waals surface area contributed by atoms with E-state index in [1.54, 1.807) is 72.3 Å². The van der Waals surface area contributed by atoms with Crippen LogP contribution in [0.25, 0.3) is 134 Å². The van der Waals surface area contributed by atoms with Crippen molar-refractivity contribution in [2.75, 3.05) is 0 Å². The summed E-state index contributed by atoms with van der Waals surface area (Å²) in [6, 6.07) is 109. The molecule has 14 aromatic carbocycles. The van der Waals surface area contributed by atoms with Crippen LogP contribution in [0.15, 0.2) is 267 Å². The second-order valence-corrected chi connectivity index (χ2v) is 46.7. The molecule has 0 nitrogen and oxygen atoms in total. The zero-order valence-corrected chi connectivity index (χ0v) is 91.0. The van der Waals surface area contributed by atoms with Gasteiger partial charge in [-0.25, -0.2) is 0 Å². The number of aryl methyl sites for hydroxylation is 2. The van der Waals surface area contributed by atoms with Gasteiger partial charge in [-0.05, 0) is 399 Å². The van der Waals surface area contributed by atoms with Crippen molar-refractivity contribution in [1.82, 2.24) is 0 Å². The van der Waals surface area contributed by atoms with Crippen LogP contribution in [0, 0.1) is 37.5 Å². The van der Waals surface area contributed by atoms with Crippen LogP contribution in [-0.4, -0.2) is 0 Å². The molecule has 0 saturated heterocycles. The maximum atomic E-state index is 2.69. The van der Waals surface area contributed by atoms with Crippen molar-refractivity contribution < 1.29 is 0 Å². The third kappa shape index (κ3) is 16.2. The molecule has 0 heterocycles. The summed E-state index contributed by atoms with van der Waals surface area (Å²) >= 11 is 0. The predicted molar refractivity (Wildman–Crippen MR) is 618 cm³/mol. The lowest BCUT2D eigenvalue weighted by Gasteiger charge is -2.37. The van der Waals surface area contributed by atoms with Crippen molar-refractivity contribution in [1.29, 1.82) is 0 Å². The summed E-state index contributed by atoms with van der Waals surface area (Å²) in [7, 11) is 0. The molecule has 0 aliphatic heterocycles. The molecule has 4 atom stereocenters. The van der Waals surface area contributed by atoms with Crippen LogP contribution < -0.4 is 0 Å². The van der Waals surface area contributed by atoms with E-state index in [2.05, 4.69) is 405 Å².